The molecule has 2 aromatic heterocycles. The maximum atomic E-state index is 14.5. The normalized spacial score (nSPS) is 18.6. The Kier molecular flexibility index (Phi) is 13.4. The van der Waals surface area contributed by atoms with Crippen molar-refractivity contribution in [3.8, 4) is 0 Å². The van der Waals surface area contributed by atoms with Crippen LogP contribution >= 0.6 is 22.9 Å². The molecule has 0 atom stereocenters. The predicted molar refractivity (Wildman–Crippen MR) is 219 cm³/mol. The van der Waals surface area contributed by atoms with E-state index in [1.165, 1.54) is 42.9 Å². The molecule has 4 aliphatic heterocycles. The third kappa shape index (κ3) is 10.6. The Morgan fingerprint density at radius 3 is 2.20 bits per heavy atom. The molecule has 0 spiro atoms. The van der Waals surface area contributed by atoms with Crippen molar-refractivity contribution in [1.29, 1.82) is 0 Å². The van der Waals surface area contributed by atoms with Crippen molar-refractivity contribution < 1.29 is 18.8 Å². The van der Waals surface area contributed by atoms with Crippen LogP contribution in [0.5, 0.6) is 0 Å². The van der Waals surface area contributed by atoms with Crippen LogP contribution in [0.25, 0.3) is 0 Å². The fraction of sp³-hybridized carbons (Fsp3) is 0.439. The summed E-state index contributed by atoms with van der Waals surface area (Å²) in [5, 5.41) is 8.34. The molecule has 2 aromatic carbocycles. The summed E-state index contributed by atoms with van der Waals surface area (Å²) >= 11 is 7.48. The summed E-state index contributed by atoms with van der Waals surface area (Å²) in [6, 6.07) is 19.7. The summed E-state index contributed by atoms with van der Waals surface area (Å²) < 4.78 is 14.5. The zero-order valence-corrected chi connectivity index (χ0v) is 33.1. The minimum atomic E-state index is -0.655. The van der Waals surface area contributed by atoms with Crippen LogP contribution in [0.3, 0.4) is 0 Å². The van der Waals surface area contributed by atoms with Crippen LogP contribution in [0.15, 0.2) is 72.2 Å². The van der Waals surface area contributed by atoms with Crippen LogP contribution in [0, 0.1) is 11.7 Å². The molecule has 4 aliphatic rings. The van der Waals surface area contributed by atoms with Crippen molar-refractivity contribution in [2.45, 2.75) is 38.6 Å². The monoisotopic (exact) mass is 801 g/mol. The summed E-state index contributed by atoms with van der Waals surface area (Å²) in [4.78, 5) is 54.7. The third-order valence-electron chi connectivity index (χ3n) is 10.8. The van der Waals surface area contributed by atoms with E-state index in [0.29, 0.717) is 52.0 Å². The molecule has 0 aliphatic carbocycles. The molecule has 12 nitrogen and oxygen atoms in total. The van der Waals surface area contributed by atoms with E-state index in [9.17, 15) is 18.8 Å². The quantitative estimate of drug-likeness (QED) is 0.199. The number of aromatic nitrogens is 2. The first-order chi connectivity index (χ1) is 27.3. The van der Waals surface area contributed by atoms with E-state index in [2.05, 4.69) is 77.7 Å². The van der Waals surface area contributed by atoms with Crippen molar-refractivity contribution in [3.63, 3.8) is 0 Å². The third-order valence-corrected chi connectivity index (χ3v) is 11.8. The first kappa shape index (κ1) is 39.6. The molecule has 4 aromatic rings. The molecule has 2 N–H and O–H groups in total. The van der Waals surface area contributed by atoms with E-state index in [1.54, 1.807) is 28.5 Å². The second kappa shape index (κ2) is 19.0. The van der Waals surface area contributed by atoms with Gasteiger partial charge < -0.3 is 20.0 Å². The lowest BCUT2D eigenvalue weighted by atomic mass is 9.95. The zero-order chi connectivity index (χ0) is 38.9. The van der Waals surface area contributed by atoms with Gasteiger partial charge in [-0.15, -0.1) is 11.3 Å². The number of halogens is 2. The molecule has 0 bridgehead atoms. The Balaban J connectivity index is 0.000000536. The molecule has 4 fully saturated rings. The van der Waals surface area contributed by atoms with E-state index in [4.69, 9.17) is 16.6 Å². The summed E-state index contributed by atoms with van der Waals surface area (Å²) in [7, 11) is 0. The Morgan fingerprint density at radius 1 is 0.839 bits per heavy atom. The lowest BCUT2D eigenvalue weighted by molar-refractivity contribution is -0.132. The number of hydrogen-bond donors (Lipinski definition) is 2. The number of amides is 3. The Hall–Kier alpha value is -4.63. The summed E-state index contributed by atoms with van der Waals surface area (Å²) in [6.45, 7) is 10.5. The SMILES string of the molecule is O=C(c1cccc(Cl)c1F)N1CCN(Cc2cc(N3CCN(CC4CCN(c5ccccc5)CC4)CC3)cc(Nc3nccs3)n2)CC1.O=C1CCCC(=O)N1. The van der Waals surface area contributed by atoms with Gasteiger partial charge in [-0.3, -0.25) is 29.5 Å². The molecule has 0 saturated carbocycles. The van der Waals surface area contributed by atoms with Crippen LogP contribution in [-0.4, -0.2) is 114 Å². The van der Waals surface area contributed by atoms with Gasteiger partial charge in [-0.05, 0) is 55.5 Å². The average Bonchev–Trinajstić information content (AvgIpc) is 3.73. The van der Waals surface area contributed by atoms with Gasteiger partial charge in [-0.25, -0.2) is 14.4 Å². The molecule has 4 saturated heterocycles. The molecule has 56 heavy (non-hydrogen) atoms. The highest BCUT2D eigenvalue weighted by Gasteiger charge is 2.27. The Bertz CT molecular complexity index is 1920. The number of piperidine rings is 2. The number of carbonyl (C=O) groups excluding carboxylic acids is 3. The van der Waals surface area contributed by atoms with E-state index in [0.717, 1.165) is 61.8 Å². The number of thiazole rings is 1. The van der Waals surface area contributed by atoms with Crippen LogP contribution in [0.2, 0.25) is 5.02 Å². The number of pyridine rings is 1. The number of imide groups is 1. The predicted octanol–water partition coefficient (Wildman–Crippen LogP) is 5.88. The summed E-state index contributed by atoms with van der Waals surface area (Å²) in [6.07, 6.45) is 6.00. The van der Waals surface area contributed by atoms with Crippen LogP contribution in [-0.2, 0) is 16.1 Å². The van der Waals surface area contributed by atoms with Gasteiger partial charge in [-0.2, -0.15) is 0 Å². The second-order valence-corrected chi connectivity index (χ2v) is 16.0. The van der Waals surface area contributed by atoms with E-state index >= 15 is 0 Å². The van der Waals surface area contributed by atoms with Crippen molar-refractivity contribution in [3.05, 3.63) is 94.3 Å². The first-order valence-corrected chi connectivity index (χ1v) is 20.8. The fourth-order valence-corrected chi connectivity index (χ4v) is 8.44. The molecule has 0 radical (unpaired) electrons. The number of anilines is 4. The smallest absolute Gasteiger partial charge is 0.256 e. The number of nitrogens with one attached hydrogen (secondary N) is 2. The fourth-order valence-electron chi connectivity index (χ4n) is 7.73. The van der Waals surface area contributed by atoms with Crippen LogP contribution in [0.1, 0.15) is 48.2 Å². The maximum absolute atomic E-state index is 14.5. The van der Waals surface area contributed by atoms with Gasteiger partial charge in [0.25, 0.3) is 5.91 Å². The number of piperazine rings is 2. The Morgan fingerprint density at radius 2 is 1.54 bits per heavy atom. The van der Waals surface area contributed by atoms with Crippen molar-refractivity contribution in [1.82, 2.24) is 30.0 Å². The topological polar surface area (TPSA) is 117 Å². The number of para-hydroxylation sites is 1. The molecule has 0 unspecified atom stereocenters. The zero-order valence-electron chi connectivity index (χ0n) is 31.5. The molecular formula is C41H49ClFN9O3S. The highest BCUT2D eigenvalue weighted by atomic mass is 35.5. The number of carbonyl (C=O) groups is 3. The van der Waals surface area contributed by atoms with Gasteiger partial charge in [-0.1, -0.05) is 35.9 Å². The van der Waals surface area contributed by atoms with E-state index in [-0.39, 0.29) is 28.3 Å². The van der Waals surface area contributed by atoms with Gasteiger partial charge in [0.15, 0.2) is 10.9 Å². The number of hydrogen-bond acceptors (Lipinski definition) is 11. The minimum absolute atomic E-state index is 0.0248. The summed E-state index contributed by atoms with van der Waals surface area (Å²) in [5.74, 6) is 0.288. The van der Waals surface area contributed by atoms with Crippen molar-refractivity contribution in [2.75, 3.05) is 87.1 Å². The molecule has 15 heteroatoms. The minimum Gasteiger partial charge on any atom is -0.372 e. The van der Waals surface area contributed by atoms with Crippen LogP contribution in [0.4, 0.5) is 26.7 Å². The standard InChI is InChI=1S/C36H42ClFN8OS.C5H7NO2/c37-32-8-4-7-31(34(32)38)35(47)46-20-16-43(17-21-46)26-28-23-30(24-33(40-28)41-36-39-11-22-48-36)45-18-14-42(15-19-45)25-27-9-12-44(13-10-27)29-5-2-1-3-6-29;7-4-2-1-3-5(8)6-4/h1-8,11,22-24,27H,9-10,12-21,25-26H2,(H,39,40,41);1-3H2,(H,6,7,8). The van der Waals surface area contributed by atoms with Gasteiger partial charge in [0, 0.05) is 120 Å². The lowest BCUT2D eigenvalue weighted by Crippen LogP contribution is -2.49. The number of rotatable bonds is 9. The second-order valence-electron chi connectivity index (χ2n) is 14.7. The van der Waals surface area contributed by atoms with Crippen molar-refractivity contribution in [2.24, 2.45) is 5.92 Å². The highest BCUT2D eigenvalue weighted by molar-refractivity contribution is 7.13. The maximum Gasteiger partial charge on any atom is 0.256 e. The lowest BCUT2D eigenvalue weighted by Gasteiger charge is -2.40. The van der Waals surface area contributed by atoms with Gasteiger partial charge in [0.05, 0.1) is 16.3 Å². The first-order valence-electron chi connectivity index (χ1n) is 19.5. The molecule has 6 heterocycles. The van der Waals surface area contributed by atoms with Gasteiger partial charge in [0.1, 0.15) is 5.82 Å². The van der Waals surface area contributed by atoms with Gasteiger partial charge in [0.2, 0.25) is 11.8 Å². The van der Waals surface area contributed by atoms with Crippen LogP contribution < -0.4 is 20.4 Å². The number of nitrogens with zero attached hydrogens (tertiary/aromatic N) is 7. The largest absolute Gasteiger partial charge is 0.372 e. The molecule has 8 rings (SSSR count). The molecule has 296 valence electrons. The summed E-state index contributed by atoms with van der Waals surface area (Å²) in [5.41, 5.74) is 3.50. The number of benzene rings is 2. The average molecular weight is 802 g/mol. The van der Waals surface area contributed by atoms with Gasteiger partial charge >= 0.3 is 0 Å². The highest BCUT2D eigenvalue weighted by Crippen LogP contribution is 2.28. The van der Waals surface area contributed by atoms with E-state index in [1.807, 2.05) is 5.38 Å². The molecule has 3 amide bonds. The van der Waals surface area contributed by atoms with Crippen molar-refractivity contribution >= 4 is 63.0 Å². The Labute approximate surface area is 336 Å². The molecular weight excluding hydrogens is 753 g/mol. The van der Waals surface area contributed by atoms with E-state index < -0.39 is 5.82 Å².